The summed E-state index contributed by atoms with van der Waals surface area (Å²) in [6, 6.07) is 0. The van der Waals surface area contributed by atoms with Crippen LogP contribution in [0, 0.1) is 0 Å². The Balaban J connectivity index is -0.0000000128. The van der Waals surface area contributed by atoms with Gasteiger partial charge in [-0.2, -0.15) is 0 Å². The van der Waals surface area contributed by atoms with Crippen LogP contribution < -0.4 is 10.3 Å². The Kier molecular flexibility index (Phi) is 50.5. The molecule has 12 nitrogen and oxygen atoms in total. The van der Waals surface area contributed by atoms with E-state index < -0.39 is 20.6 Å². The van der Waals surface area contributed by atoms with E-state index >= 15 is 0 Å². The molecule has 0 atom stereocenters. The predicted molar refractivity (Wildman–Crippen MR) is 42.2 cm³/mol. The first-order valence-corrected chi connectivity index (χ1v) is 4.41. The molecule has 0 unspecified atom stereocenters. The first kappa shape index (κ1) is 45.6. The smallest absolute Gasteiger partial charge is 0.736 e. The zero-order valence-electron chi connectivity index (χ0n) is 7.13. The van der Waals surface area contributed by atoms with E-state index in [1.807, 2.05) is 0 Å². The van der Waals surface area contributed by atoms with Crippen molar-refractivity contribution in [3.05, 3.63) is 0 Å². The summed E-state index contributed by atoms with van der Waals surface area (Å²) in [5, 5.41) is 7.54. The molecular weight excluding hydrogens is 318 g/mol. The van der Waals surface area contributed by atoms with E-state index in [9.17, 15) is 0 Å². The van der Waals surface area contributed by atoms with Crippen LogP contribution in [0.4, 0.5) is 0 Å². The van der Waals surface area contributed by atoms with Crippen LogP contribution in [0.5, 0.6) is 0 Å². The first-order valence-electron chi connectivity index (χ1n) is 1.47. The molecule has 0 aliphatic carbocycles. The zero-order chi connectivity index (χ0) is 9.00. The van der Waals surface area contributed by atoms with Crippen LogP contribution in [0.3, 0.4) is 0 Å². The van der Waals surface area contributed by atoms with Crippen molar-refractivity contribution in [3.8, 4) is 0 Å². The molecule has 0 aromatic rings. The fourth-order valence-electron chi connectivity index (χ4n) is 0. The van der Waals surface area contributed by atoms with Crippen molar-refractivity contribution in [1.82, 2.24) is 0 Å². The van der Waals surface area contributed by atoms with Crippen molar-refractivity contribution in [2.75, 3.05) is 0 Å². The van der Waals surface area contributed by atoms with Crippen LogP contribution in [0.15, 0.2) is 0 Å². The first-order chi connectivity index (χ1) is 4.00. The minimum atomic E-state index is -4.42. The van der Waals surface area contributed by atoms with Crippen molar-refractivity contribution < 1.29 is 67.3 Å². The Hall–Kier alpha value is 0.203. The Morgan fingerprint density at radius 3 is 0.667 bits per heavy atom. The van der Waals surface area contributed by atoms with Crippen molar-refractivity contribution in [1.29, 1.82) is 0 Å². The van der Waals surface area contributed by atoms with Gasteiger partial charge in [0.1, 0.15) is 0 Å². The van der Waals surface area contributed by atoms with E-state index in [1.165, 1.54) is 0 Å². The molecule has 0 bridgehead atoms. The maximum atomic E-state index is 8.85. The van der Waals surface area contributed by atoms with Gasteiger partial charge in [0.25, 0.3) is 0 Å². The molecule has 0 spiro atoms. The van der Waals surface area contributed by atoms with E-state index in [1.54, 1.807) is 0 Å². The summed E-state index contributed by atoms with van der Waals surface area (Å²) in [4.78, 5) is 0. The van der Waals surface area contributed by atoms with E-state index in [2.05, 4.69) is 10.3 Å². The molecule has 0 fully saturated rings. The third-order valence-corrected chi connectivity index (χ3v) is 0. The van der Waals surface area contributed by atoms with Crippen LogP contribution in [0.1, 0.15) is 0 Å². The molecule has 15 heteroatoms. The Bertz CT molecular complexity index is 218. The van der Waals surface area contributed by atoms with E-state index in [4.69, 9.17) is 25.9 Å². The second kappa shape index (κ2) is 16.6. The average molecular weight is 330 g/mol. The van der Waals surface area contributed by atoms with Crippen LogP contribution in [-0.4, -0.2) is 47.8 Å². The second-order valence-corrected chi connectivity index (χ2v) is 2.96. The maximum absolute atomic E-state index is 8.85. The quantitative estimate of drug-likeness (QED) is 0.321. The topological polar surface area (TPSA) is 292 Å². The molecule has 0 saturated carbocycles. The van der Waals surface area contributed by atoms with Crippen LogP contribution >= 0.6 is 0 Å². The van der Waals surface area contributed by atoms with Gasteiger partial charge in [0.15, 0.2) is 20.6 Å². The number of rotatable bonds is 0. The van der Waals surface area contributed by atoms with Crippen LogP contribution in [-0.2, 0) is 40.1 Å². The SMILES string of the molecule is NS(=O)(=O)[O-].NS(=O)(=O)[O-].O.O.O.O.[Zn+2]. The van der Waals surface area contributed by atoms with Gasteiger partial charge in [0.05, 0.1) is 0 Å². The molecule has 12 N–H and O–H groups in total. The van der Waals surface area contributed by atoms with Gasteiger partial charge in [-0.3, -0.25) is 0 Å². The molecule has 0 aliphatic heterocycles. The normalized spacial score (nSPS) is 7.73. The van der Waals surface area contributed by atoms with Gasteiger partial charge < -0.3 is 31.0 Å². The molecule has 0 rings (SSSR count). The van der Waals surface area contributed by atoms with E-state index in [0.717, 1.165) is 0 Å². The zero-order valence-corrected chi connectivity index (χ0v) is 11.7. The minimum Gasteiger partial charge on any atom is -0.736 e. The number of nitrogens with two attached hydrogens (primary N) is 2. The minimum absolute atomic E-state index is 0. The fourth-order valence-corrected chi connectivity index (χ4v) is 0. The molecule has 15 heavy (non-hydrogen) atoms. The molecule has 0 saturated heterocycles. The predicted octanol–water partition coefficient (Wildman–Crippen LogP) is -6.49. The molecule has 96 valence electrons. The Morgan fingerprint density at radius 1 is 0.667 bits per heavy atom. The Morgan fingerprint density at radius 2 is 0.667 bits per heavy atom. The van der Waals surface area contributed by atoms with Crippen molar-refractivity contribution in [2.45, 2.75) is 0 Å². The maximum Gasteiger partial charge on any atom is 2.00 e. The van der Waals surface area contributed by atoms with Crippen LogP contribution in [0.2, 0.25) is 0 Å². The van der Waals surface area contributed by atoms with Gasteiger partial charge in [-0.15, -0.1) is 0 Å². The summed E-state index contributed by atoms with van der Waals surface area (Å²) in [6.45, 7) is 0. The van der Waals surface area contributed by atoms with Gasteiger partial charge >= 0.3 is 19.5 Å². The van der Waals surface area contributed by atoms with Gasteiger partial charge in [-0.1, -0.05) is 0 Å². The monoisotopic (exact) mass is 328 g/mol. The fraction of sp³-hybridized carbons (Fsp3) is 0. The van der Waals surface area contributed by atoms with Gasteiger partial charge in [0.2, 0.25) is 0 Å². The van der Waals surface area contributed by atoms with Gasteiger partial charge in [0, 0.05) is 0 Å². The van der Waals surface area contributed by atoms with Crippen molar-refractivity contribution >= 4 is 20.6 Å². The molecule has 0 amide bonds. The Labute approximate surface area is 98.4 Å². The molecular formula is H12N2O10S2Zn. The van der Waals surface area contributed by atoms with Crippen molar-refractivity contribution in [3.63, 3.8) is 0 Å². The molecule has 0 aliphatic rings. The van der Waals surface area contributed by atoms with Crippen LogP contribution in [0.25, 0.3) is 0 Å². The van der Waals surface area contributed by atoms with E-state index in [-0.39, 0.29) is 41.4 Å². The van der Waals surface area contributed by atoms with Gasteiger partial charge in [-0.05, 0) is 0 Å². The second-order valence-electron chi connectivity index (χ2n) is 0.986. The standard InChI is InChI=1S/2H3NO3S.4H2O.Zn/c2*1-5(2,3)4;;;;;/h2*(H3,1,2,3,4);4*1H2;/q;;;;;;+2/p-2. The summed E-state index contributed by atoms with van der Waals surface area (Å²) >= 11 is 0. The molecule has 0 aromatic carbocycles. The summed E-state index contributed by atoms with van der Waals surface area (Å²) in [6.07, 6.45) is 0. The summed E-state index contributed by atoms with van der Waals surface area (Å²) in [7, 11) is -8.83. The van der Waals surface area contributed by atoms with Gasteiger partial charge in [-0.25, -0.2) is 27.1 Å². The summed E-state index contributed by atoms with van der Waals surface area (Å²) < 4.78 is 53.1. The number of hydrogen-bond acceptors (Lipinski definition) is 6. The average Bonchev–Trinajstić information content (AvgIpc) is 1.12. The molecule has 0 radical (unpaired) electrons. The number of hydrogen-bond donors (Lipinski definition) is 2. The van der Waals surface area contributed by atoms with E-state index in [0.29, 0.717) is 0 Å². The third-order valence-electron chi connectivity index (χ3n) is 0. The summed E-state index contributed by atoms with van der Waals surface area (Å²) in [5.74, 6) is 0. The van der Waals surface area contributed by atoms with Crippen molar-refractivity contribution in [2.24, 2.45) is 10.3 Å². The molecule has 0 heterocycles. The summed E-state index contributed by atoms with van der Waals surface area (Å²) in [5.41, 5.74) is 0. The largest absolute Gasteiger partial charge is 2.00 e. The molecule has 0 aromatic heterocycles. The third kappa shape index (κ3) is 51100.